The highest BCUT2D eigenvalue weighted by Gasteiger charge is 2.29. The number of nitrogens with two attached hydrogens (primary N) is 1. The monoisotopic (exact) mass is 243 g/mol. The molecule has 0 heterocycles. The van der Waals surface area contributed by atoms with Gasteiger partial charge in [0.1, 0.15) is 0 Å². The van der Waals surface area contributed by atoms with Gasteiger partial charge in [0.15, 0.2) is 0 Å². The molecule has 0 aromatic rings. The lowest BCUT2D eigenvalue weighted by atomic mass is 9.84. The molecule has 0 saturated carbocycles. The number of nitrogens with one attached hydrogen (secondary N) is 1. The summed E-state index contributed by atoms with van der Waals surface area (Å²) in [5.41, 5.74) is 5.85. The summed E-state index contributed by atoms with van der Waals surface area (Å²) in [5, 5.41) is 3.02. The van der Waals surface area contributed by atoms with Crippen molar-refractivity contribution in [1.29, 1.82) is 0 Å². The topological polar surface area (TPSA) is 58.4 Å². The molecular formula is C13H29N3O. The van der Waals surface area contributed by atoms with Crippen LogP contribution in [0.5, 0.6) is 0 Å². The zero-order chi connectivity index (χ0) is 13.8. The maximum Gasteiger partial charge on any atom is 0.237 e. The van der Waals surface area contributed by atoms with Crippen molar-refractivity contribution in [3.05, 3.63) is 0 Å². The largest absolute Gasteiger partial charge is 0.352 e. The molecule has 0 aliphatic carbocycles. The van der Waals surface area contributed by atoms with Crippen molar-refractivity contribution in [3.8, 4) is 0 Å². The summed E-state index contributed by atoms with van der Waals surface area (Å²) in [4.78, 5) is 14.0. The SMILES string of the molecule is CC(C)[C@H](N)C(=O)NC(C)C(C)(C)CN(C)C. The Hall–Kier alpha value is -0.610. The van der Waals surface area contributed by atoms with E-state index in [0.29, 0.717) is 0 Å². The van der Waals surface area contributed by atoms with E-state index in [-0.39, 0.29) is 23.3 Å². The maximum atomic E-state index is 11.9. The van der Waals surface area contributed by atoms with Gasteiger partial charge in [-0.05, 0) is 32.4 Å². The molecule has 0 aliphatic rings. The molecule has 1 amide bonds. The Balaban J connectivity index is 4.43. The third-order valence-electron chi connectivity index (χ3n) is 3.28. The minimum absolute atomic E-state index is 0.0237. The van der Waals surface area contributed by atoms with Gasteiger partial charge in [0.2, 0.25) is 5.91 Å². The molecule has 102 valence electrons. The van der Waals surface area contributed by atoms with E-state index in [9.17, 15) is 4.79 Å². The number of hydrogen-bond acceptors (Lipinski definition) is 3. The highest BCUT2D eigenvalue weighted by atomic mass is 16.2. The lowest BCUT2D eigenvalue weighted by Crippen LogP contribution is -2.53. The van der Waals surface area contributed by atoms with Gasteiger partial charge in [0.25, 0.3) is 0 Å². The molecule has 0 aromatic heterocycles. The lowest BCUT2D eigenvalue weighted by molar-refractivity contribution is -0.124. The van der Waals surface area contributed by atoms with Crippen molar-refractivity contribution in [3.63, 3.8) is 0 Å². The Morgan fingerprint density at radius 2 is 1.76 bits per heavy atom. The van der Waals surface area contributed by atoms with E-state index in [1.807, 2.05) is 34.9 Å². The molecule has 4 heteroatoms. The standard InChI is InChI=1S/C13H29N3O/c1-9(2)11(14)12(17)15-10(3)13(4,5)8-16(6)7/h9-11H,8,14H2,1-7H3,(H,15,17)/t10?,11-/m0/s1. The molecule has 0 spiro atoms. The molecule has 0 aliphatic heterocycles. The van der Waals surface area contributed by atoms with Crippen LogP contribution in [-0.2, 0) is 4.79 Å². The highest BCUT2D eigenvalue weighted by molar-refractivity contribution is 5.82. The van der Waals surface area contributed by atoms with Crippen LogP contribution >= 0.6 is 0 Å². The smallest absolute Gasteiger partial charge is 0.237 e. The van der Waals surface area contributed by atoms with Gasteiger partial charge in [-0.15, -0.1) is 0 Å². The van der Waals surface area contributed by atoms with Crippen LogP contribution in [0.4, 0.5) is 0 Å². The first-order chi connectivity index (χ1) is 7.58. The number of carbonyl (C=O) groups excluding carboxylic acids is 1. The highest BCUT2D eigenvalue weighted by Crippen LogP contribution is 2.21. The van der Waals surface area contributed by atoms with Crippen LogP contribution < -0.4 is 11.1 Å². The molecule has 0 rings (SSSR count). The lowest BCUT2D eigenvalue weighted by Gasteiger charge is -2.35. The van der Waals surface area contributed by atoms with E-state index in [2.05, 4.69) is 24.1 Å². The van der Waals surface area contributed by atoms with Crippen LogP contribution in [0.15, 0.2) is 0 Å². The number of nitrogens with zero attached hydrogens (tertiary/aromatic N) is 1. The fourth-order valence-corrected chi connectivity index (χ4v) is 1.76. The van der Waals surface area contributed by atoms with E-state index in [1.54, 1.807) is 0 Å². The zero-order valence-corrected chi connectivity index (χ0v) is 12.4. The Morgan fingerprint density at radius 3 is 2.12 bits per heavy atom. The van der Waals surface area contributed by atoms with Crippen molar-refractivity contribution < 1.29 is 4.79 Å². The van der Waals surface area contributed by atoms with Crippen molar-refractivity contribution in [2.45, 2.75) is 46.7 Å². The summed E-state index contributed by atoms with van der Waals surface area (Å²) >= 11 is 0. The molecule has 0 bridgehead atoms. The number of carbonyl (C=O) groups is 1. The summed E-state index contributed by atoms with van der Waals surface area (Å²) in [6.45, 7) is 11.2. The molecule has 17 heavy (non-hydrogen) atoms. The summed E-state index contributed by atoms with van der Waals surface area (Å²) in [5.74, 6) is 0.110. The first-order valence-electron chi connectivity index (χ1n) is 6.28. The minimum Gasteiger partial charge on any atom is -0.352 e. The molecule has 1 unspecified atom stereocenters. The van der Waals surface area contributed by atoms with Gasteiger partial charge >= 0.3 is 0 Å². The van der Waals surface area contributed by atoms with Crippen molar-refractivity contribution in [2.24, 2.45) is 17.1 Å². The average molecular weight is 243 g/mol. The van der Waals surface area contributed by atoms with Crippen LogP contribution in [0.25, 0.3) is 0 Å². The fourth-order valence-electron chi connectivity index (χ4n) is 1.76. The number of hydrogen-bond donors (Lipinski definition) is 2. The van der Waals surface area contributed by atoms with Crippen LogP contribution in [-0.4, -0.2) is 43.5 Å². The van der Waals surface area contributed by atoms with Gasteiger partial charge in [0, 0.05) is 12.6 Å². The summed E-state index contributed by atoms with van der Waals surface area (Å²) in [6, 6.07) is -0.324. The maximum absolute atomic E-state index is 11.9. The normalized spacial score (nSPS) is 16.1. The Kier molecular flexibility index (Phi) is 6.13. The molecule has 0 saturated heterocycles. The Labute approximate surface area is 106 Å². The summed E-state index contributed by atoms with van der Waals surface area (Å²) in [6.07, 6.45) is 0. The minimum atomic E-state index is -0.424. The third-order valence-corrected chi connectivity index (χ3v) is 3.28. The van der Waals surface area contributed by atoms with Gasteiger partial charge < -0.3 is 16.0 Å². The summed E-state index contributed by atoms with van der Waals surface area (Å²) in [7, 11) is 4.08. The first kappa shape index (κ1) is 16.4. The Morgan fingerprint density at radius 1 is 1.29 bits per heavy atom. The second-order valence-electron chi connectivity index (χ2n) is 6.23. The van der Waals surface area contributed by atoms with Crippen LogP contribution in [0.2, 0.25) is 0 Å². The van der Waals surface area contributed by atoms with E-state index < -0.39 is 6.04 Å². The van der Waals surface area contributed by atoms with Crippen molar-refractivity contribution in [2.75, 3.05) is 20.6 Å². The third kappa shape index (κ3) is 5.50. The second-order valence-corrected chi connectivity index (χ2v) is 6.23. The number of amides is 1. The van der Waals surface area contributed by atoms with Crippen molar-refractivity contribution in [1.82, 2.24) is 10.2 Å². The first-order valence-corrected chi connectivity index (χ1v) is 6.28. The second kappa shape index (κ2) is 6.36. The zero-order valence-electron chi connectivity index (χ0n) is 12.4. The molecule has 0 aromatic carbocycles. The molecule has 3 N–H and O–H groups in total. The van der Waals surface area contributed by atoms with Crippen LogP contribution in [0, 0.1) is 11.3 Å². The van der Waals surface area contributed by atoms with E-state index in [1.165, 1.54) is 0 Å². The van der Waals surface area contributed by atoms with Gasteiger partial charge in [-0.3, -0.25) is 4.79 Å². The summed E-state index contributed by atoms with van der Waals surface area (Å²) < 4.78 is 0. The predicted molar refractivity (Wildman–Crippen MR) is 72.8 cm³/mol. The van der Waals surface area contributed by atoms with Gasteiger partial charge in [-0.2, -0.15) is 0 Å². The van der Waals surface area contributed by atoms with E-state index >= 15 is 0 Å². The van der Waals surface area contributed by atoms with Gasteiger partial charge in [-0.25, -0.2) is 0 Å². The molecule has 4 nitrogen and oxygen atoms in total. The van der Waals surface area contributed by atoms with Crippen molar-refractivity contribution >= 4 is 5.91 Å². The molecule has 0 fully saturated rings. The Bertz CT molecular complexity index is 249. The molecule has 2 atom stereocenters. The average Bonchev–Trinajstić information content (AvgIpc) is 2.13. The van der Waals surface area contributed by atoms with Gasteiger partial charge in [-0.1, -0.05) is 27.7 Å². The van der Waals surface area contributed by atoms with E-state index in [0.717, 1.165) is 6.54 Å². The van der Waals surface area contributed by atoms with E-state index in [4.69, 9.17) is 5.73 Å². The van der Waals surface area contributed by atoms with Crippen LogP contribution in [0.3, 0.4) is 0 Å². The molecular weight excluding hydrogens is 214 g/mol. The van der Waals surface area contributed by atoms with Crippen LogP contribution in [0.1, 0.15) is 34.6 Å². The molecule has 0 radical (unpaired) electrons. The fraction of sp³-hybridized carbons (Fsp3) is 0.923. The van der Waals surface area contributed by atoms with Gasteiger partial charge in [0.05, 0.1) is 6.04 Å². The quantitative estimate of drug-likeness (QED) is 0.733. The number of rotatable bonds is 6. The predicted octanol–water partition coefficient (Wildman–Crippen LogP) is 1.06.